The summed E-state index contributed by atoms with van der Waals surface area (Å²) in [4.78, 5) is 40.0. The van der Waals surface area contributed by atoms with E-state index in [4.69, 9.17) is 16.9 Å². The Morgan fingerprint density at radius 1 is 1.19 bits per heavy atom. The van der Waals surface area contributed by atoms with Gasteiger partial charge in [0, 0.05) is 32.6 Å². The molecule has 1 aliphatic heterocycles. The Morgan fingerprint density at radius 3 is 2.49 bits per heavy atom. The molecular weight excluding hydrogens is 530 g/mol. The number of rotatable bonds is 7. The molecule has 0 bridgehead atoms. The summed E-state index contributed by atoms with van der Waals surface area (Å²) in [6.07, 6.45) is -0.267. The third-order valence-corrected chi connectivity index (χ3v) is 10.5. The van der Waals surface area contributed by atoms with Crippen LogP contribution in [0.15, 0.2) is 35.1 Å². The highest BCUT2D eigenvalue weighted by atomic mass is 35.5. The Morgan fingerprint density at radius 2 is 1.89 bits per heavy atom. The van der Waals surface area contributed by atoms with Gasteiger partial charge in [0.2, 0.25) is 0 Å². The molecule has 37 heavy (non-hydrogen) atoms. The summed E-state index contributed by atoms with van der Waals surface area (Å²) in [6.45, 7) is -0.111. The van der Waals surface area contributed by atoms with E-state index in [0.717, 1.165) is 4.57 Å². The number of hydrogen-bond acceptors (Lipinski definition) is 6. The lowest BCUT2D eigenvalue weighted by molar-refractivity contribution is 0.0694. The first-order valence-corrected chi connectivity index (χ1v) is 13.4. The van der Waals surface area contributed by atoms with E-state index in [1.165, 1.54) is 29.2 Å². The van der Waals surface area contributed by atoms with Gasteiger partial charge in [-0.15, -0.1) is 0 Å². The van der Waals surface area contributed by atoms with Crippen LogP contribution in [0.4, 0.5) is 8.78 Å². The Hall–Kier alpha value is -3.30. The van der Waals surface area contributed by atoms with E-state index in [1.807, 2.05) is 6.07 Å². The quantitative estimate of drug-likeness (QED) is 0.562. The molecule has 2 fully saturated rings. The minimum atomic E-state index is -4.11. The summed E-state index contributed by atoms with van der Waals surface area (Å²) in [6, 6.07) is 9.16. The van der Waals surface area contributed by atoms with Gasteiger partial charge in [-0.05, 0) is 42.7 Å². The lowest BCUT2D eigenvalue weighted by atomic mass is 10.1. The van der Waals surface area contributed by atoms with Gasteiger partial charge in [0.1, 0.15) is 22.6 Å². The molecule has 0 unspecified atom stereocenters. The van der Waals surface area contributed by atoms with Crippen molar-refractivity contribution in [2.24, 2.45) is 0 Å². The third-order valence-electron chi connectivity index (χ3n) is 7.16. The lowest BCUT2D eigenvalue weighted by Gasteiger charge is -2.32. The van der Waals surface area contributed by atoms with Gasteiger partial charge in [-0.25, -0.2) is 17.2 Å². The highest BCUT2D eigenvalue weighted by Gasteiger charge is 2.71. The second kappa shape index (κ2) is 8.63. The number of fused-ring (bicyclic) bond motifs is 1. The average Bonchev–Trinajstić information content (AvgIpc) is 3.76. The van der Waals surface area contributed by atoms with E-state index in [0.29, 0.717) is 11.1 Å². The Labute approximate surface area is 215 Å². The van der Waals surface area contributed by atoms with Crippen molar-refractivity contribution in [3.8, 4) is 6.07 Å². The molecule has 5 rings (SSSR count). The molecule has 2 amide bonds. The number of sulfone groups is 1. The maximum atomic E-state index is 13.5. The molecule has 194 valence electrons. The Kier molecular flexibility index (Phi) is 5.91. The monoisotopic (exact) mass is 550 g/mol. The maximum absolute atomic E-state index is 13.5. The highest BCUT2D eigenvalue weighted by molar-refractivity contribution is 7.94. The second-order valence-electron chi connectivity index (χ2n) is 9.61. The maximum Gasteiger partial charge on any atom is 0.270 e. The van der Waals surface area contributed by atoms with Crippen LogP contribution >= 0.6 is 11.6 Å². The zero-order valence-electron chi connectivity index (χ0n) is 19.3. The number of aromatic nitrogens is 1. The predicted molar refractivity (Wildman–Crippen MR) is 128 cm³/mol. The van der Waals surface area contributed by atoms with Crippen LogP contribution in [0.5, 0.6) is 0 Å². The van der Waals surface area contributed by atoms with Crippen LogP contribution in [0.1, 0.15) is 51.2 Å². The highest BCUT2D eigenvalue weighted by Crippen LogP contribution is 2.56. The molecule has 2 aliphatic carbocycles. The van der Waals surface area contributed by atoms with Crippen molar-refractivity contribution < 1.29 is 26.8 Å². The molecule has 2 heterocycles. The molecule has 0 radical (unpaired) electrons. The number of nitrogens with one attached hydrogen (secondary N) is 1. The van der Waals surface area contributed by atoms with E-state index >= 15 is 0 Å². The normalized spacial score (nSPS) is 21.1. The molecule has 2 saturated carbocycles. The van der Waals surface area contributed by atoms with Crippen LogP contribution in [-0.4, -0.2) is 58.7 Å². The minimum Gasteiger partial charge on any atom is -0.348 e. The number of alkyl halides is 2. The van der Waals surface area contributed by atoms with Gasteiger partial charge in [0.05, 0.1) is 15.3 Å². The first kappa shape index (κ1) is 25.4. The van der Waals surface area contributed by atoms with Crippen molar-refractivity contribution in [3.05, 3.63) is 68.1 Å². The Balaban J connectivity index is 1.29. The number of halogens is 3. The second-order valence-corrected chi connectivity index (χ2v) is 12.5. The smallest absolute Gasteiger partial charge is 0.270 e. The largest absolute Gasteiger partial charge is 0.348 e. The number of carbonyl (C=O) groups is 2. The predicted octanol–water partition coefficient (Wildman–Crippen LogP) is 2.11. The molecular formula is C24H21ClF2N4O5S. The van der Waals surface area contributed by atoms with Crippen molar-refractivity contribution in [1.29, 1.82) is 5.26 Å². The van der Waals surface area contributed by atoms with Crippen LogP contribution in [0.3, 0.4) is 0 Å². The number of benzene rings is 1. The fourth-order valence-corrected chi connectivity index (χ4v) is 7.43. The van der Waals surface area contributed by atoms with Crippen molar-refractivity contribution in [2.45, 2.75) is 48.3 Å². The first-order valence-electron chi connectivity index (χ1n) is 11.5. The molecule has 1 aromatic carbocycles. The van der Waals surface area contributed by atoms with Crippen LogP contribution in [0, 0.1) is 11.3 Å². The Bertz CT molecular complexity index is 1550. The summed E-state index contributed by atoms with van der Waals surface area (Å²) in [5, 5.41) is 10.1. The van der Waals surface area contributed by atoms with E-state index in [9.17, 15) is 31.6 Å². The molecule has 2 aromatic rings. The SMILES string of the molecule is N#Cc1ccc(CNC(=O)c2ccc3n(c2=O)CCN(CC2(S(=O)(=O)[C@H]4CC4(F)F)CC2)C3=O)cc1Cl. The van der Waals surface area contributed by atoms with E-state index in [1.54, 1.807) is 6.07 Å². The van der Waals surface area contributed by atoms with Crippen molar-refractivity contribution in [3.63, 3.8) is 0 Å². The third kappa shape index (κ3) is 4.30. The van der Waals surface area contributed by atoms with Gasteiger partial charge in [-0.1, -0.05) is 17.7 Å². The van der Waals surface area contributed by atoms with Crippen LogP contribution in [0.25, 0.3) is 0 Å². The standard InChI is InChI=1S/C24H21ClF2N4O5S/c25-17-9-14(1-2-15(17)11-28)12-29-20(32)16-3-4-18-22(34)30(7-8-31(18)21(16)33)13-23(5-6-23)37(35,36)19-10-24(19,26)27/h1-4,9,19H,5-8,10,12-13H2,(H,29,32)/t19-/m0/s1. The van der Waals surface area contributed by atoms with Crippen LogP contribution in [0.2, 0.25) is 5.02 Å². The first-order chi connectivity index (χ1) is 17.4. The van der Waals surface area contributed by atoms with Gasteiger partial charge in [0.25, 0.3) is 23.3 Å². The summed E-state index contributed by atoms with van der Waals surface area (Å²) in [7, 11) is -4.11. The van der Waals surface area contributed by atoms with Crippen molar-refractivity contribution in [2.75, 3.05) is 13.1 Å². The summed E-state index contributed by atoms with van der Waals surface area (Å²) in [5.41, 5.74) is 0.0547. The molecule has 9 nitrogen and oxygen atoms in total. The number of carbonyl (C=O) groups excluding carboxylic acids is 2. The van der Waals surface area contributed by atoms with E-state index in [2.05, 4.69) is 5.32 Å². The molecule has 0 saturated heterocycles. The molecule has 13 heteroatoms. The lowest BCUT2D eigenvalue weighted by Crippen LogP contribution is -2.50. The van der Waals surface area contributed by atoms with Crippen molar-refractivity contribution >= 4 is 33.3 Å². The molecule has 0 spiro atoms. The minimum absolute atomic E-state index is 0.00313. The van der Waals surface area contributed by atoms with Gasteiger partial charge in [-0.2, -0.15) is 5.26 Å². The van der Waals surface area contributed by atoms with E-state index in [-0.39, 0.29) is 55.3 Å². The number of nitriles is 1. The number of nitrogens with zero attached hydrogens (tertiary/aromatic N) is 3. The zero-order valence-corrected chi connectivity index (χ0v) is 20.9. The van der Waals surface area contributed by atoms with Crippen molar-refractivity contribution in [1.82, 2.24) is 14.8 Å². The molecule has 3 aliphatic rings. The average molecular weight is 551 g/mol. The molecule has 1 N–H and O–H groups in total. The van der Waals surface area contributed by atoms with Gasteiger partial charge in [0.15, 0.2) is 9.84 Å². The number of hydrogen-bond donors (Lipinski definition) is 1. The van der Waals surface area contributed by atoms with Crippen LogP contribution in [-0.2, 0) is 22.9 Å². The summed E-state index contributed by atoms with van der Waals surface area (Å²) < 4.78 is 52.3. The van der Waals surface area contributed by atoms with E-state index < -0.39 is 49.6 Å². The fraction of sp³-hybridized carbons (Fsp3) is 0.417. The molecule has 1 atom stereocenters. The fourth-order valence-electron chi connectivity index (χ4n) is 4.68. The van der Waals surface area contributed by atoms with Crippen LogP contribution < -0.4 is 10.9 Å². The number of pyridine rings is 1. The number of amides is 2. The summed E-state index contributed by atoms with van der Waals surface area (Å²) >= 11 is 6.00. The topological polar surface area (TPSA) is 129 Å². The molecule has 1 aromatic heterocycles. The summed E-state index contributed by atoms with van der Waals surface area (Å²) in [5.74, 6) is -4.47. The zero-order chi connectivity index (χ0) is 26.8. The van der Waals surface area contributed by atoms with Gasteiger partial charge < -0.3 is 14.8 Å². The van der Waals surface area contributed by atoms with Gasteiger partial charge >= 0.3 is 0 Å². The van der Waals surface area contributed by atoms with Gasteiger partial charge in [-0.3, -0.25) is 14.4 Å².